The van der Waals surface area contributed by atoms with E-state index in [1.165, 1.54) is 0 Å². The molecule has 0 bridgehead atoms. The van der Waals surface area contributed by atoms with Crippen molar-refractivity contribution < 1.29 is 14.7 Å². The van der Waals surface area contributed by atoms with Gasteiger partial charge < -0.3 is 15.3 Å². The van der Waals surface area contributed by atoms with Crippen LogP contribution in [0.25, 0.3) is 0 Å². The summed E-state index contributed by atoms with van der Waals surface area (Å²) < 4.78 is 0. The first-order chi connectivity index (χ1) is 10.1. The molecule has 0 aromatic carbocycles. The summed E-state index contributed by atoms with van der Waals surface area (Å²) in [7, 11) is 0. The topological polar surface area (TPSA) is 69.6 Å². The quantitative estimate of drug-likeness (QED) is 0.786. The third kappa shape index (κ3) is 3.76. The van der Waals surface area contributed by atoms with Crippen molar-refractivity contribution in [1.29, 1.82) is 0 Å². The van der Waals surface area contributed by atoms with Gasteiger partial charge in [-0.2, -0.15) is 0 Å². The minimum atomic E-state index is -0.765. The molecule has 5 heteroatoms. The molecule has 0 saturated carbocycles. The normalized spacial score (nSPS) is 29.6. The van der Waals surface area contributed by atoms with Gasteiger partial charge in [-0.25, -0.2) is 0 Å². The Hall–Kier alpha value is -1.10. The number of carbonyl (C=O) groups excluding carboxylic acids is 1. The second-order valence-corrected chi connectivity index (χ2v) is 6.54. The fourth-order valence-electron chi connectivity index (χ4n) is 3.89. The molecule has 2 aliphatic rings. The van der Waals surface area contributed by atoms with Gasteiger partial charge in [0.05, 0.1) is 5.41 Å². The molecule has 2 fully saturated rings. The van der Waals surface area contributed by atoms with Crippen molar-refractivity contribution in [2.75, 3.05) is 19.6 Å². The zero-order chi connectivity index (χ0) is 15.3. The monoisotopic (exact) mass is 296 g/mol. The van der Waals surface area contributed by atoms with Crippen LogP contribution in [0, 0.1) is 5.41 Å². The van der Waals surface area contributed by atoms with E-state index >= 15 is 0 Å². The van der Waals surface area contributed by atoms with Crippen LogP contribution >= 0.6 is 0 Å². The van der Waals surface area contributed by atoms with Crippen molar-refractivity contribution in [1.82, 2.24) is 10.2 Å². The lowest BCUT2D eigenvalue weighted by atomic mass is 9.79. The lowest BCUT2D eigenvalue weighted by molar-refractivity contribution is -0.147. The van der Waals surface area contributed by atoms with Crippen LogP contribution in [0.4, 0.5) is 0 Å². The Bertz CT molecular complexity index is 378. The number of nitrogens with one attached hydrogen (secondary N) is 1. The number of hydrogen-bond acceptors (Lipinski definition) is 3. The molecule has 0 radical (unpaired) electrons. The van der Waals surface area contributed by atoms with Gasteiger partial charge >= 0.3 is 5.97 Å². The molecule has 2 N–H and O–H groups in total. The van der Waals surface area contributed by atoms with Crippen molar-refractivity contribution in [3.63, 3.8) is 0 Å². The Kier molecular flexibility index (Phi) is 5.62. The van der Waals surface area contributed by atoms with Crippen LogP contribution in [0.1, 0.15) is 58.3 Å². The van der Waals surface area contributed by atoms with Gasteiger partial charge in [-0.3, -0.25) is 9.59 Å². The number of nitrogens with zero attached hydrogens (tertiary/aromatic N) is 1. The first kappa shape index (κ1) is 16.3. The first-order valence-electron chi connectivity index (χ1n) is 8.32. The summed E-state index contributed by atoms with van der Waals surface area (Å²) in [5, 5.41) is 12.2. The Labute approximate surface area is 127 Å². The molecule has 21 heavy (non-hydrogen) atoms. The summed E-state index contributed by atoms with van der Waals surface area (Å²) in [6, 6.07) is 0.122. The second kappa shape index (κ2) is 7.25. The maximum absolute atomic E-state index is 13.1. The molecule has 2 rings (SSSR count). The number of aliphatic carboxylic acids is 1. The molecule has 0 aromatic rings. The highest BCUT2D eigenvalue weighted by atomic mass is 16.4. The Morgan fingerprint density at radius 2 is 2.19 bits per heavy atom. The molecule has 2 atom stereocenters. The van der Waals surface area contributed by atoms with E-state index in [-0.39, 0.29) is 23.8 Å². The molecular formula is C16H28N2O3. The average Bonchev–Trinajstić information content (AvgIpc) is 2.95. The predicted octanol–water partition coefficient (Wildman–Crippen LogP) is 2.01. The highest BCUT2D eigenvalue weighted by molar-refractivity contribution is 5.84. The Morgan fingerprint density at radius 1 is 1.38 bits per heavy atom. The van der Waals surface area contributed by atoms with Gasteiger partial charge in [0.2, 0.25) is 5.91 Å². The van der Waals surface area contributed by atoms with Crippen LogP contribution < -0.4 is 5.32 Å². The molecule has 2 heterocycles. The second-order valence-electron chi connectivity index (χ2n) is 6.54. The van der Waals surface area contributed by atoms with Gasteiger partial charge in [0.1, 0.15) is 0 Å². The number of rotatable bonds is 6. The largest absolute Gasteiger partial charge is 0.481 e. The summed E-state index contributed by atoms with van der Waals surface area (Å²) in [5.74, 6) is -0.497. The fraction of sp³-hybridized carbons (Fsp3) is 0.875. The minimum absolute atomic E-state index is 0.122. The van der Waals surface area contributed by atoms with Gasteiger partial charge in [-0.05, 0) is 45.1 Å². The number of piperidine rings is 1. The lowest BCUT2D eigenvalue weighted by Gasteiger charge is -2.41. The van der Waals surface area contributed by atoms with Crippen LogP contribution in [0.3, 0.4) is 0 Å². The zero-order valence-electron chi connectivity index (χ0n) is 13.1. The van der Waals surface area contributed by atoms with E-state index < -0.39 is 5.97 Å². The van der Waals surface area contributed by atoms with E-state index in [0.717, 1.165) is 58.2 Å². The van der Waals surface area contributed by atoms with Crippen LogP contribution in [0.5, 0.6) is 0 Å². The van der Waals surface area contributed by atoms with Crippen LogP contribution in [-0.2, 0) is 9.59 Å². The number of carbonyl (C=O) groups is 2. The number of carboxylic acid groups (broad SMARTS) is 1. The van der Waals surface area contributed by atoms with E-state index in [1.807, 2.05) is 4.90 Å². The Morgan fingerprint density at radius 3 is 2.81 bits per heavy atom. The van der Waals surface area contributed by atoms with Gasteiger partial charge in [-0.1, -0.05) is 13.3 Å². The molecule has 120 valence electrons. The predicted molar refractivity (Wildman–Crippen MR) is 81.0 cm³/mol. The minimum Gasteiger partial charge on any atom is -0.481 e. The van der Waals surface area contributed by atoms with Gasteiger partial charge in [0, 0.05) is 25.6 Å². The molecule has 0 spiro atoms. The lowest BCUT2D eigenvalue weighted by Crippen LogP contribution is -2.51. The molecule has 0 aliphatic carbocycles. The van der Waals surface area contributed by atoms with E-state index in [1.54, 1.807) is 0 Å². The molecule has 1 amide bonds. The number of carboxylic acids is 1. The van der Waals surface area contributed by atoms with Crippen LogP contribution in [0.2, 0.25) is 0 Å². The summed E-state index contributed by atoms with van der Waals surface area (Å²) in [5.41, 5.74) is -0.242. The fourth-order valence-corrected chi connectivity index (χ4v) is 3.89. The first-order valence-corrected chi connectivity index (χ1v) is 8.32. The standard InChI is InChI=1S/C16H28N2O3/c1-2-8-16(9-10-17-12-16)15(21)18-11-4-3-5-13(18)6-7-14(19)20/h13,17H,2-12H2,1H3,(H,19,20). The van der Waals surface area contributed by atoms with Crippen molar-refractivity contribution in [3.05, 3.63) is 0 Å². The maximum Gasteiger partial charge on any atom is 0.303 e. The van der Waals surface area contributed by atoms with E-state index in [0.29, 0.717) is 6.42 Å². The van der Waals surface area contributed by atoms with Gasteiger partial charge in [0.25, 0.3) is 0 Å². The molecule has 5 nitrogen and oxygen atoms in total. The SMILES string of the molecule is CCCC1(C(=O)N2CCCCC2CCC(=O)O)CCNC1. The molecule has 2 unspecified atom stereocenters. The summed E-state index contributed by atoms with van der Waals surface area (Å²) >= 11 is 0. The molecule has 2 saturated heterocycles. The van der Waals surface area contributed by atoms with Crippen molar-refractivity contribution in [2.24, 2.45) is 5.41 Å². The summed E-state index contributed by atoms with van der Waals surface area (Å²) in [6.45, 7) is 4.63. The summed E-state index contributed by atoms with van der Waals surface area (Å²) in [6.07, 6.45) is 6.72. The van der Waals surface area contributed by atoms with Crippen molar-refractivity contribution in [3.8, 4) is 0 Å². The van der Waals surface area contributed by atoms with Crippen molar-refractivity contribution in [2.45, 2.75) is 64.3 Å². The smallest absolute Gasteiger partial charge is 0.303 e. The highest BCUT2D eigenvalue weighted by Gasteiger charge is 2.44. The van der Waals surface area contributed by atoms with E-state index in [4.69, 9.17) is 5.11 Å². The molecular weight excluding hydrogens is 268 g/mol. The van der Waals surface area contributed by atoms with E-state index in [9.17, 15) is 9.59 Å². The third-order valence-electron chi connectivity index (χ3n) is 5.01. The van der Waals surface area contributed by atoms with Gasteiger partial charge in [-0.15, -0.1) is 0 Å². The van der Waals surface area contributed by atoms with E-state index in [2.05, 4.69) is 12.2 Å². The van der Waals surface area contributed by atoms with Crippen molar-refractivity contribution >= 4 is 11.9 Å². The Balaban J connectivity index is 2.07. The number of hydrogen-bond donors (Lipinski definition) is 2. The zero-order valence-corrected chi connectivity index (χ0v) is 13.1. The number of amides is 1. The number of likely N-dealkylation sites (tertiary alicyclic amines) is 1. The average molecular weight is 296 g/mol. The van der Waals surface area contributed by atoms with Crippen LogP contribution in [0.15, 0.2) is 0 Å². The third-order valence-corrected chi connectivity index (χ3v) is 5.01. The molecule has 0 aromatic heterocycles. The maximum atomic E-state index is 13.1. The summed E-state index contributed by atoms with van der Waals surface area (Å²) in [4.78, 5) is 25.9. The molecule has 2 aliphatic heterocycles. The van der Waals surface area contributed by atoms with Crippen LogP contribution in [-0.4, -0.2) is 47.6 Å². The van der Waals surface area contributed by atoms with Gasteiger partial charge in [0.15, 0.2) is 0 Å². The highest BCUT2D eigenvalue weighted by Crippen LogP contribution is 2.36.